The molecule has 5 N–H and O–H groups in total. The van der Waals surface area contributed by atoms with Gasteiger partial charge >= 0.3 is 5.97 Å². The molecule has 0 aliphatic carbocycles. The molecule has 1 unspecified atom stereocenters. The summed E-state index contributed by atoms with van der Waals surface area (Å²) in [4.78, 5) is 37.7. The van der Waals surface area contributed by atoms with Gasteiger partial charge in [0.1, 0.15) is 23.1 Å². The molecule has 0 aromatic heterocycles. The number of nitrogens with one attached hydrogen (secondary N) is 2. The number of carboxylic acid groups (broad SMARTS) is 1. The number of nitrogens with zero attached hydrogens (tertiary/aromatic N) is 1. The average molecular weight is 617 g/mol. The van der Waals surface area contributed by atoms with Gasteiger partial charge in [-0.2, -0.15) is 0 Å². The molecule has 1 atom stereocenters. The molecule has 1 aliphatic rings. The molecule has 43 heavy (non-hydrogen) atoms. The summed E-state index contributed by atoms with van der Waals surface area (Å²) in [5, 5.41) is 14.9. The van der Waals surface area contributed by atoms with Crippen LogP contribution in [0.5, 0.6) is 11.5 Å². The van der Waals surface area contributed by atoms with Crippen molar-refractivity contribution >= 4 is 35.9 Å². The third-order valence-electron chi connectivity index (χ3n) is 7.16. The molecule has 1 aliphatic heterocycles. The number of halogens is 3. The van der Waals surface area contributed by atoms with Crippen molar-refractivity contribution < 1.29 is 33.0 Å². The highest BCUT2D eigenvalue weighted by molar-refractivity contribution is 5.98. The Morgan fingerprint density at radius 1 is 1.00 bits per heavy atom. The Labute approximate surface area is 254 Å². The topological polar surface area (TPSA) is 134 Å². The molecule has 0 spiro atoms. The maximum absolute atomic E-state index is 14.3. The lowest BCUT2D eigenvalue weighted by Gasteiger charge is -2.34. The summed E-state index contributed by atoms with van der Waals surface area (Å²) in [7, 11) is 0. The molecule has 2 amide bonds. The summed E-state index contributed by atoms with van der Waals surface area (Å²) in [6, 6.07) is 14.9. The third-order valence-corrected chi connectivity index (χ3v) is 7.16. The van der Waals surface area contributed by atoms with Crippen LogP contribution in [0.4, 0.5) is 14.5 Å². The summed E-state index contributed by atoms with van der Waals surface area (Å²) in [5.74, 6) is -3.36. The van der Waals surface area contributed by atoms with E-state index in [2.05, 4.69) is 15.5 Å². The van der Waals surface area contributed by atoms with Crippen LogP contribution < -0.4 is 21.1 Å². The number of nitrogens with two attached hydrogens (primary N) is 1. The minimum Gasteiger partial charge on any atom is -0.478 e. The van der Waals surface area contributed by atoms with Gasteiger partial charge in [0, 0.05) is 18.7 Å². The van der Waals surface area contributed by atoms with Gasteiger partial charge in [-0.05, 0) is 80.4 Å². The molecule has 230 valence electrons. The maximum Gasteiger partial charge on any atom is 0.335 e. The maximum atomic E-state index is 14.3. The van der Waals surface area contributed by atoms with Gasteiger partial charge in [-0.3, -0.25) is 14.5 Å². The van der Waals surface area contributed by atoms with Gasteiger partial charge in [0.15, 0.2) is 0 Å². The fraction of sp³-hybridized carbons (Fsp3) is 0.323. The second-order valence-corrected chi connectivity index (χ2v) is 10.3. The van der Waals surface area contributed by atoms with Crippen LogP contribution in [0.25, 0.3) is 0 Å². The van der Waals surface area contributed by atoms with Crippen molar-refractivity contribution in [3.63, 3.8) is 0 Å². The monoisotopic (exact) mass is 616 g/mol. The van der Waals surface area contributed by atoms with Crippen LogP contribution in [0.2, 0.25) is 0 Å². The molecule has 1 saturated heterocycles. The third kappa shape index (κ3) is 9.21. The number of rotatable bonds is 12. The lowest BCUT2D eigenvalue weighted by molar-refractivity contribution is -0.118. The highest BCUT2D eigenvalue weighted by atomic mass is 35.5. The number of ether oxygens (including phenoxy) is 1. The Morgan fingerprint density at radius 3 is 2.16 bits per heavy atom. The number of carboxylic acids is 1. The number of amides is 2. The molecular formula is C31H35ClF2N4O5. The number of carbonyl (C=O) groups excluding carboxylic acids is 2. The second-order valence-electron chi connectivity index (χ2n) is 10.3. The number of primary amides is 1. The van der Waals surface area contributed by atoms with Crippen LogP contribution in [0.3, 0.4) is 0 Å². The lowest BCUT2D eigenvalue weighted by atomic mass is 10.0. The number of likely N-dealkylation sites (tertiary alicyclic amines) is 1. The summed E-state index contributed by atoms with van der Waals surface area (Å²) >= 11 is 0. The predicted octanol–water partition coefficient (Wildman–Crippen LogP) is 5.34. The first-order chi connectivity index (χ1) is 20.1. The number of aromatic carboxylic acids is 1. The van der Waals surface area contributed by atoms with E-state index in [0.29, 0.717) is 24.0 Å². The second kappa shape index (κ2) is 15.4. The van der Waals surface area contributed by atoms with Crippen molar-refractivity contribution in [2.45, 2.75) is 51.2 Å². The van der Waals surface area contributed by atoms with E-state index in [4.69, 9.17) is 15.6 Å². The van der Waals surface area contributed by atoms with E-state index in [-0.39, 0.29) is 29.7 Å². The first kappa shape index (κ1) is 33.4. The minimum atomic E-state index is -1.08. The first-order valence-corrected chi connectivity index (χ1v) is 13.8. The van der Waals surface area contributed by atoms with E-state index >= 15 is 0 Å². The summed E-state index contributed by atoms with van der Waals surface area (Å²) in [6.45, 7) is 4.34. The molecule has 1 heterocycles. The molecule has 0 saturated carbocycles. The van der Waals surface area contributed by atoms with E-state index in [9.17, 15) is 23.2 Å². The molecule has 3 aromatic rings. The van der Waals surface area contributed by atoms with Crippen LogP contribution in [-0.2, 0) is 11.3 Å². The van der Waals surface area contributed by atoms with Crippen molar-refractivity contribution in [3.8, 4) is 11.5 Å². The average Bonchev–Trinajstić information content (AvgIpc) is 2.96. The Morgan fingerprint density at radius 2 is 1.60 bits per heavy atom. The SMILES string of the molecule is CCCC(NC1CCN(Cc2ccc(Oc3ccc(C(=O)O)cc3)cc2)CC1)C(=O)Nc1cc(C(N)=O)c(F)cc1F.Cl. The lowest BCUT2D eigenvalue weighted by Crippen LogP contribution is -2.50. The molecule has 1 fully saturated rings. The van der Waals surface area contributed by atoms with Crippen LogP contribution in [0, 0.1) is 11.6 Å². The Kier molecular flexibility index (Phi) is 12.0. The normalized spacial score (nSPS) is 14.4. The van der Waals surface area contributed by atoms with E-state index in [0.717, 1.165) is 50.5 Å². The summed E-state index contributed by atoms with van der Waals surface area (Å²) in [6.07, 6.45) is 2.88. The highest BCUT2D eigenvalue weighted by Crippen LogP contribution is 2.24. The zero-order chi connectivity index (χ0) is 30.2. The van der Waals surface area contributed by atoms with Crippen molar-refractivity contribution in [1.29, 1.82) is 0 Å². The Hall–Kier alpha value is -4.06. The number of hydrogen-bond donors (Lipinski definition) is 4. The quantitative estimate of drug-likeness (QED) is 0.216. The van der Waals surface area contributed by atoms with Crippen LogP contribution in [0.15, 0.2) is 60.7 Å². The van der Waals surface area contributed by atoms with Crippen LogP contribution in [-0.4, -0.2) is 53.0 Å². The number of carbonyl (C=O) groups is 3. The fourth-order valence-corrected chi connectivity index (χ4v) is 4.90. The minimum absolute atomic E-state index is 0. The number of hydrogen-bond acceptors (Lipinski definition) is 6. The number of anilines is 1. The van der Waals surface area contributed by atoms with Crippen LogP contribution in [0.1, 0.15) is 58.9 Å². The first-order valence-electron chi connectivity index (χ1n) is 13.8. The molecule has 0 bridgehead atoms. The Bertz CT molecular complexity index is 1410. The van der Waals surface area contributed by atoms with Crippen molar-refractivity contribution in [1.82, 2.24) is 10.2 Å². The summed E-state index contributed by atoms with van der Waals surface area (Å²) < 4.78 is 33.9. The van der Waals surface area contributed by atoms with Crippen molar-refractivity contribution in [2.75, 3.05) is 18.4 Å². The number of benzene rings is 3. The van der Waals surface area contributed by atoms with Gasteiger partial charge in [-0.15, -0.1) is 12.4 Å². The molecule has 12 heteroatoms. The van der Waals surface area contributed by atoms with E-state index in [1.807, 2.05) is 31.2 Å². The molecule has 9 nitrogen and oxygen atoms in total. The van der Waals surface area contributed by atoms with Crippen molar-refractivity contribution in [2.24, 2.45) is 5.73 Å². The van der Waals surface area contributed by atoms with Gasteiger partial charge in [-0.25, -0.2) is 13.6 Å². The van der Waals surface area contributed by atoms with E-state index < -0.39 is 41.0 Å². The van der Waals surface area contributed by atoms with E-state index in [1.165, 1.54) is 12.1 Å². The van der Waals surface area contributed by atoms with Crippen LogP contribution >= 0.6 is 12.4 Å². The fourth-order valence-electron chi connectivity index (χ4n) is 4.90. The predicted molar refractivity (Wildman–Crippen MR) is 161 cm³/mol. The van der Waals surface area contributed by atoms with Gasteiger partial charge in [0.2, 0.25) is 5.91 Å². The smallest absolute Gasteiger partial charge is 0.335 e. The van der Waals surface area contributed by atoms with Crippen molar-refractivity contribution in [3.05, 3.63) is 89.0 Å². The number of piperidine rings is 1. The van der Waals surface area contributed by atoms with Gasteiger partial charge in [0.05, 0.1) is 22.9 Å². The summed E-state index contributed by atoms with van der Waals surface area (Å²) in [5.41, 5.74) is 5.68. The van der Waals surface area contributed by atoms with Gasteiger partial charge in [0.25, 0.3) is 5.91 Å². The highest BCUT2D eigenvalue weighted by Gasteiger charge is 2.26. The van der Waals surface area contributed by atoms with Gasteiger partial charge in [-0.1, -0.05) is 25.5 Å². The molecular weight excluding hydrogens is 582 g/mol. The standard InChI is InChI=1S/C31H34F2N4O5.ClH/c1-2-3-27(30(39)36-28-16-24(29(34)38)25(32)17-26(28)33)35-21-12-14-37(15-13-21)18-19-4-8-22(9-5-19)42-23-10-6-20(7-11-23)31(40)41;/h4-11,16-17,21,27,35H,2-3,12-15,18H2,1H3,(H2,34,38)(H,36,39)(H,40,41);1H. The zero-order valence-corrected chi connectivity index (χ0v) is 24.5. The zero-order valence-electron chi connectivity index (χ0n) is 23.6. The Balaban J connectivity index is 0.00000506. The molecule has 4 rings (SSSR count). The van der Waals surface area contributed by atoms with E-state index in [1.54, 1.807) is 12.1 Å². The van der Waals surface area contributed by atoms with Gasteiger partial charge < -0.3 is 26.2 Å². The molecule has 0 radical (unpaired) electrons. The molecule has 3 aromatic carbocycles. The largest absolute Gasteiger partial charge is 0.478 e.